The van der Waals surface area contributed by atoms with Crippen LogP contribution in [0.5, 0.6) is 5.75 Å². The zero-order chi connectivity index (χ0) is 17.1. The van der Waals surface area contributed by atoms with Crippen LogP contribution in [0.4, 0.5) is 5.13 Å². The van der Waals surface area contributed by atoms with Crippen LogP contribution in [-0.2, 0) is 6.54 Å². The Morgan fingerprint density at radius 1 is 1.12 bits per heavy atom. The first-order valence-electron chi connectivity index (χ1n) is 8.28. The van der Waals surface area contributed by atoms with Crippen molar-refractivity contribution in [2.75, 3.05) is 38.2 Å². The smallest absolute Gasteiger partial charge is 0.209 e. The third-order valence-corrected chi connectivity index (χ3v) is 5.18. The minimum Gasteiger partial charge on any atom is -0.497 e. The van der Waals surface area contributed by atoms with E-state index in [0.29, 0.717) is 0 Å². The zero-order valence-corrected chi connectivity index (χ0v) is 14.9. The Hall–Kier alpha value is -2.38. The number of nitrogens with zero attached hydrogens (tertiary/aromatic N) is 4. The Morgan fingerprint density at radius 3 is 2.60 bits per heavy atom. The molecule has 0 saturated carbocycles. The minimum atomic E-state index is 0.738. The zero-order valence-electron chi connectivity index (χ0n) is 14.1. The Kier molecular flexibility index (Phi) is 4.67. The molecule has 0 N–H and O–H groups in total. The van der Waals surface area contributed by atoms with Crippen molar-refractivity contribution in [3.63, 3.8) is 0 Å². The van der Waals surface area contributed by atoms with E-state index in [2.05, 4.69) is 19.8 Å². The van der Waals surface area contributed by atoms with Gasteiger partial charge in [0.1, 0.15) is 5.75 Å². The predicted octanol–water partition coefficient (Wildman–Crippen LogP) is 3.13. The second-order valence-electron chi connectivity index (χ2n) is 5.92. The maximum atomic E-state index is 5.93. The molecule has 0 spiro atoms. The maximum absolute atomic E-state index is 5.93. The van der Waals surface area contributed by atoms with Gasteiger partial charge in [-0.3, -0.25) is 4.90 Å². The molecule has 1 aromatic carbocycles. The van der Waals surface area contributed by atoms with Gasteiger partial charge in [0.25, 0.3) is 0 Å². The number of ether oxygens (including phenoxy) is 1. The predicted molar refractivity (Wildman–Crippen MR) is 98.1 cm³/mol. The molecule has 0 aliphatic carbocycles. The van der Waals surface area contributed by atoms with E-state index in [1.807, 2.05) is 35.8 Å². The number of hydrogen-bond acceptors (Lipinski definition) is 7. The summed E-state index contributed by atoms with van der Waals surface area (Å²) in [6, 6.07) is 7.82. The van der Waals surface area contributed by atoms with E-state index in [1.54, 1.807) is 24.6 Å². The maximum Gasteiger partial charge on any atom is 0.209 e. The summed E-state index contributed by atoms with van der Waals surface area (Å²) < 4.78 is 11.1. The molecule has 3 heterocycles. The highest BCUT2D eigenvalue weighted by atomic mass is 32.1. The first-order chi connectivity index (χ1) is 12.3. The molecule has 1 aliphatic rings. The second kappa shape index (κ2) is 7.25. The topological polar surface area (TPSA) is 54.6 Å². The molecule has 1 fully saturated rings. The molecule has 1 aliphatic heterocycles. The van der Waals surface area contributed by atoms with Crippen molar-refractivity contribution in [3.05, 3.63) is 47.9 Å². The van der Waals surface area contributed by atoms with E-state index in [-0.39, 0.29) is 0 Å². The van der Waals surface area contributed by atoms with E-state index in [0.717, 1.165) is 60.8 Å². The molecule has 130 valence electrons. The van der Waals surface area contributed by atoms with Crippen LogP contribution in [0.1, 0.15) is 5.89 Å². The number of piperazine rings is 1. The second-order valence-corrected chi connectivity index (χ2v) is 6.80. The number of benzene rings is 1. The highest BCUT2D eigenvalue weighted by Gasteiger charge is 2.20. The molecule has 6 nitrogen and oxygen atoms in total. The summed E-state index contributed by atoms with van der Waals surface area (Å²) in [5.41, 5.74) is 1.01. The average Bonchev–Trinajstić information content (AvgIpc) is 3.35. The number of hydrogen-bond donors (Lipinski definition) is 0. The van der Waals surface area contributed by atoms with Crippen LogP contribution in [0.25, 0.3) is 11.3 Å². The van der Waals surface area contributed by atoms with Gasteiger partial charge in [0.15, 0.2) is 10.9 Å². The van der Waals surface area contributed by atoms with Crippen molar-refractivity contribution in [1.82, 2.24) is 14.9 Å². The molecule has 1 saturated heterocycles. The van der Waals surface area contributed by atoms with Crippen molar-refractivity contribution >= 4 is 16.5 Å². The van der Waals surface area contributed by atoms with Gasteiger partial charge in [0, 0.05) is 43.3 Å². The summed E-state index contributed by atoms with van der Waals surface area (Å²) >= 11 is 1.69. The fourth-order valence-electron chi connectivity index (χ4n) is 2.93. The standard InChI is InChI=1S/C18H20N4O2S/c1-23-15-4-2-14(3-5-15)16-12-20-17(24-16)13-21-7-9-22(10-8-21)18-19-6-11-25-18/h2-6,11-12H,7-10,13H2,1H3. The fraction of sp³-hybridized carbons (Fsp3) is 0.333. The minimum absolute atomic E-state index is 0.738. The van der Waals surface area contributed by atoms with Gasteiger partial charge < -0.3 is 14.1 Å². The highest BCUT2D eigenvalue weighted by molar-refractivity contribution is 7.13. The van der Waals surface area contributed by atoms with Gasteiger partial charge in [-0.05, 0) is 24.3 Å². The molecule has 25 heavy (non-hydrogen) atoms. The number of aromatic nitrogens is 2. The summed E-state index contributed by atoms with van der Waals surface area (Å²) in [6.07, 6.45) is 3.66. The molecule has 7 heteroatoms. The van der Waals surface area contributed by atoms with E-state index < -0.39 is 0 Å². The summed E-state index contributed by atoms with van der Waals surface area (Å²) in [4.78, 5) is 13.5. The van der Waals surface area contributed by atoms with Crippen LogP contribution >= 0.6 is 11.3 Å². The Labute approximate surface area is 150 Å². The van der Waals surface area contributed by atoms with Crippen LogP contribution in [0.15, 0.2) is 46.5 Å². The lowest BCUT2D eigenvalue weighted by Gasteiger charge is -2.33. The van der Waals surface area contributed by atoms with E-state index in [9.17, 15) is 0 Å². The molecule has 0 unspecified atom stereocenters. The third kappa shape index (κ3) is 3.67. The molecular weight excluding hydrogens is 336 g/mol. The molecule has 0 amide bonds. The largest absolute Gasteiger partial charge is 0.497 e. The first-order valence-corrected chi connectivity index (χ1v) is 9.16. The van der Waals surface area contributed by atoms with Crippen LogP contribution in [0, 0.1) is 0 Å². The Morgan fingerprint density at radius 2 is 1.92 bits per heavy atom. The van der Waals surface area contributed by atoms with Gasteiger partial charge in [-0.25, -0.2) is 9.97 Å². The Bertz CT molecular complexity index is 793. The number of rotatable bonds is 5. The van der Waals surface area contributed by atoms with Gasteiger partial charge in [0.05, 0.1) is 19.9 Å². The van der Waals surface area contributed by atoms with Crippen molar-refractivity contribution < 1.29 is 9.15 Å². The summed E-state index contributed by atoms with van der Waals surface area (Å²) in [5.74, 6) is 2.38. The van der Waals surface area contributed by atoms with Gasteiger partial charge in [-0.1, -0.05) is 0 Å². The molecule has 4 rings (SSSR count). The third-order valence-electron chi connectivity index (χ3n) is 4.35. The fourth-order valence-corrected chi connectivity index (χ4v) is 3.63. The molecule has 0 bridgehead atoms. The van der Waals surface area contributed by atoms with Crippen molar-refractivity contribution in [3.8, 4) is 17.1 Å². The van der Waals surface area contributed by atoms with Crippen molar-refractivity contribution in [2.24, 2.45) is 0 Å². The molecule has 0 radical (unpaired) electrons. The summed E-state index contributed by atoms with van der Waals surface area (Å²) in [7, 11) is 1.66. The molecule has 3 aromatic rings. The van der Waals surface area contributed by atoms with Crippen LogP contribution in [0.2, 0.25) is 0 Å². The van der Waals surface area contributed by atoms with Gasteiger partial charge >= 0.3 is 0 Å². The first kappa shape index (κ1) is 16.1. The quantitative estimate of drug-likeness (QED) is 0.700. The van der Waals surface area contributed by atoms with Gasteiger partial charge in [-0.2, -0.15) is 0 Å². The normalized spacial score (nSPS) is 15.5. The summed E-state index contributed by atoms with van der Waals surface area (Å²) in [6.45, 7) is 4.68. The number of oxazole rings is 1. The lowest BCUT2D eigenvalue weighted by molar-refractivity contribution is 0.227. The van der Waals surface area contributed by atoms with Gasteiger partial charge in [-0.15, -0.1) is 11.3 Å². The number of anilines is 1. The number of thiazole rings is 1. The summed E-state index contributed by atoms with van der Waals surface area (Å²) in [5, 5.41) is 3.13. The van der Waals surface area contributed by atoms with Gasteiger partial charge in [0.2, 0.25) is 5.89 Å². The Balaban J connectivity index is 1.35. The lowest BCUT2D eigenvalue weighted by atomic mass is 10.2. The average molecular weight is 356 g/mol. The van der Waals surface area contributed by atoms with Crippen molar-refractivity contribution in [2.45, 2.75) is 6.54 Å². The van der Waals surface area contributed by atoms with Crippen LogP contribution in [-0.4, -0.2) is 48.2 Å². The van der Waals surface area contributed by atoms with E-state index >= 15 is 0 Å². The van der Waals surface area contributed by atoms with Crippen LogP contribution < -0.4 is 9.64 Å². The molecule has 0 atom stereocenters. The highest BCUT2D eigenvalue weighted by Crippen LogP contribution is 2.24. The SMILES string of the molecule is COc1ccc(-c2cnc(CN3CCN(c4nccs4)CC3)o2)cc1. The van der Waals surface area contributed by atoms with E-state index in [4.69, 9.17) is 9.15 Å². The van der Waals surface area contributed by atoms with Crippen LogP contribution in [0.3, 0.4) is 0 Å². The number of methoxy groups -OCH3 is 1. The lowest BCUT2D eigenvalue weighted by Crippen LogP contribution is -2.45. The molecule has 2 aromatic heterocycles. The molecular formula is C18H20N4O2S. The monoisotopic (exact) mass is 356 g/mol. The van der Waals surface area contributed by atoms with E-state index in [1.165, 1.54) is 0 Å². The van der Waals surface area contributed by atoms with Crippen molar-refractivity contribution in [1.29, 1.82) is 0 Å².